The summed E-state index contributed by atoms with van der Waals surface area (Å²) in [6.45, 7) is 1.77. The maximum absolute atomic E-state index is 13.1. The molecule has 0 spiro atoms. The van der Waals surface area contributed by atoms with E-state index in [1.54, 1.807) is 22.0 Å². The molecule has 2 heterocycles. The predicted octanol–water partition coefficient (Wildman–Crippen LogP) is 6.00. The van der Waals surface area contributed by atoms with E-state index in [4.69, 9.17) is 4.74 Å². The highest BCUT2D eigenvalue weighted by atomic mass is 32.2. The molecule has 200 valence electrons. The third-order valence-electron chi connectivity index (χ3n) is 10.9. The van der Waals surface area contributed by atoms with Crippen LogP contribution >= 0.6 is 0 Å². The molecule has 4 saturated carbocycles. The second kappa shape index (κ2) is 8.67. The first-order chi connectivity index (χ1) is 18.5. The number of hydrogen-bond donors (Lipinski definition) is 1. The van der Waals surface area contributed by atoms with Gasteiger partial charge in [-0.2, -0.15) is 4.31 Å². The summed E-state index contributed by atoms with van der Waals surface area (Å²) >= 11 is 0. The summed E-state index contributed by atoms with van der Waals surface area (Å²) in [7, 11) is -3.48. The lowest BCUT2D eigenvalue weighted by Crippen LogP contribution is -2.48. The van der Waals surface area contributed by atoms with Gasteiger partial charge in [0.1, 0.15) is 0 Å². The fourth-order valence-corrected chi connectivity index (χ4v) is 10.9. The molecule has 2 aromatic rings. The van der Waals surface area contributed by atoms with Gasteiger partial charge in [0.25, 0.3) is 0 Å². The minimum absolute atomic E-state index is 0.174. The third kappa shape index (κ3) is 3.66. The average molecular weight is 531 g/mol. The van der Waals surface area contributed by atoms with Crippen LogP contribution < -0.4 is 5.32 Å². The molecule has 1 saturated heterocycles. The summed E-state index contributed by atoms with van der Waals surface area (Å²) < 4.78 is 33.1. The zero-order chi connectivity index (χ0) is 25.5. The van der Waals surface area contributed by atoms with Crippen LogP contribution in [0.4, 0.5) is 5.69 Å². The number of nitrogens with zero attached hydrogens (tertiary/aromatic N) is 1. The molecule has 5 nitrogen and oxygen atoms in total. The molecule has 0 radical (unpaired) electrons. The van der Waals surface area contributed by atoms with Gasteiger partial charge in [0, 0.05) is 24.7 Å². The van der Waals surface area contributed by atoms with E-state index in [2.05, 4.69) is 35.7 Å². The lowest BCUT2D eigenvalue weighted by atomic mass is 9.48. The van der Waals surface area contributed by atoms with Crippen LogP contribution in [0.25, 0.3) is 0 Å². The summed E-state index contributed by atoms with van der Waals surface area (Å²) in [6.07, 6.45) is 14.5. The molecule has 1 N–H and O–H groups in total. The van der Waals surface area contributed by atoms with Crippen LogP contribution in [0, 0.1) is 23.7 Å². The van der Waals surface area contributed by atoms with E-state index in [-0.39, 0.29) is 6.04 Å². The van der Waals surface area contributed by atoms with Gasteiger partial charge in [-0.3, -0.25) is 0 Å². The van der Waals surface area contributed by atoms with Crippen molar-refractivity contribution in [1.82, 2.24) is 4.31 Å². The molecular weight excluding hydrogens is 492 g/mol. The second-order valence-electron chi connectivity index (χ2n) is 13.1. The van der Waals surface area contributed by atoms with Gasteiger partial charge in [-0.25, -0.2) is 8.42 Å². The van der Waals surface area contributed by atoms with E-state index in [1.807, 2.05) is 12.1 Å². The van der Waals surface area contributed by atoms with Crippen LogP contribution in [0.2, 0.25) is 0 Å². The standard InChI is InChI=1S/C32H38N2O3S/c35-38(36,34-10-12-37-13-11-34)26-7-4-24(5-8-26)31-28-3-1-2-27(28)29-17-25(6-9-30(29)33-31)32-18-21-14-22(19-32)16-23(15-21)20-32/h1-2,4-9,17,21-23,27-28,31,33H,3,10-16,18-20H2/t21?,22?,23?,27-,28-,31-,32?/m0/s1. The third-order valence-corrected chi connectivity index (χ3v) is 12.8. The molecule has 5 aliphatic carbocycles. The fraction of sp³-hybridized carbons (Fsp3) is 0.562. The molecule has 5 fully saturated rings. The number of allylic oxidation sites excluding steroid dienone is 2. The Morgan fingerprint density at radius 3 is 2.26 bits per heavy atom. The smallest absolute Gasteiger partial charge is 0.243 e. The molecule has 2 aromatic carbocycles. The maximum atomic E-state index is 13.1. The molecule has 2 aliphatic heterocycles. The number of anilines is 1. The van der Waals surface area contributed by atoms with Gasteiger partial charge >= 0.3 is 0 Å². The number of benzene rings is 2. The summed E-state index contributed by atoms with van der Waals surface area (Å²) in [5.74, 6) is 3.73. The van der Waals surface area contributed by atoms with Crippen molar-refractivity contribution in [3.63, 3.8) is 0 Å². The summed E-state index contributed by atoms with van der Waals surface area (Å²) in [5, 5.41) is 3.89. The first kappa shape index (κ1) is 23.7. The lowest BCUT2D eigenvalue weighted by molar-refractivity contribution is -0.00523. The van der Waals surface area contributed by atoms with Crippen LogP contribution in [0.5, 0.6) is 0 Å². The number of ether oxygens (including phenoxy) is 1. The quantitative estimate of drug-likeness (QED) is 0.493. The average Bonchev–Trinajstić information content (AvgIpc) is 3.43. The Morgan fingerprint density at radius 1 is 0.895 bits per heavy atom. The first-order valence-electron chi connectivity index (χ1n) is 14.7. The van der Waals surface area contributed by atoms with E-state index in [1.165, 1.54) is 55.3 Å². The van der Waals surface area contributed by atoms with Crippen molar-refractivity contribution in [1.29, 1.82) is 0 Å². The Morgan fingerprint density at radius 2 is 1.58 bits per heavy atom. The predicted molar refractivity (Wildman–Crippen MR) is 149 cm³/mol. The Balaban J connectivity index is 1.08. The highest BCUT2D eigenvalue weighted by molar-refractivity contribution is 7.89. The van der Waals surface area contributed by atoms with Gasteiger partial charge in [-0.15, -0.1) is 0 Å². The maximum Gasteiger partial charge on any atom is 0.243 e. The van der Waals surface area contributed by atoms with Crippen molar-refractivity contribution < 1.29 is 13.2 Å². The van der Waals surface area contributed by atoms with E-state index >= 15 is 0 Å². The van der Waals surface area contributed by atoms with Gasteiger partial charge in [-0.1, -0.05) is 36.4 Å². The highest BCUT2D eigenvalue weighted by Crippen LogP contribution is 2.61. The molecule has 7 aliphatic rings. The number of sulfonamides is 1. The minimum atomic E-state index is -3.48. The zero-order valence-corrected chi connectivity index (χ0v) is 22.8. The Hall–Kier alpha value is -2.15. The van der Waals surface area contributed by atoms with Gasteiger partial charge < -0.3 is 10.1 Å². The number of hydrogen-bond acceptors (Lipinski definition) is 4. The molecular formula is C32H38N2O3S. The van der Waals surface area contributed by atoms with Crippen molar-refractivity contribution in [2.45, 2.75) is 67.2 Å². The molecule has 3 atom stereocenters. The molecule has 0 amide bonds. The molecule has 38 heavy (non-hydrogen) atoms. The van der Waals surface area contributed by atoms with Crippen molar-refractivity contribution >= 4 is 15.7 Å². The van der Waals surface area contributed by atoms with E-state index in [9.17, 15) is 8.42 Å². The van der Waals surface area contributed by atoms with Crippen LogP contribution in [0.15, 0.2) is 59.5 Å². The van der Waals surface area contributed by atoms with Crippen LogP contribution in [-0.4, -0.2) is 39.0 Å². The van der Waals surface area contributed by atoms with E-state index < -0.39 is 10.0 Å². The topological polar surface area (TPSA) is 58.6 Å². The minimum Gasteiger partial charge on any atom is -0.379 e. The van der Waals surface area contributed by atoms with Gasteiger partial charge in [0.15, 0.2) is 0 Å². The van der Waals surface area contributed by atoms with Crippen molar-refractivity contribution in [2.24, 2.45) is 23.7 Å². The first-order valence-corrected chi connectivity index (χ1v) is 16.2. The van der Waals surface area contributed by atoms with Gasteiger partial charge in [-0.05, 0) is 109 Å². The fourth-order valence-electron chi connectivity index (χ4n) is 9.50. The SMILES string of the molecule is O=S(=O)(c1ccc([C@@H]2Nc3ccc(C45CC6CC(CC(C6)C4)C5)cc3[C@H]3C=CC[C@@H]32)cc1)N1CCOCC1. The molecule has 0 unspecified atom stereocenters. The number of rotatable bonds is 4. The molecule has 0 aromatic heterocycles. The van der Waals surface area contributed by atoms with Crippen LogP contribution in [0.3, 0.4) is 0 Å². The second-order valence-corrected chi connectivity index (χ2v) is 15.0. The number of morpholine rings is 1. The number of fused-ring (bicyclic) bond motifs is 3. The largest absolute Gasteiger partial charge is 0.379 e. The summed E-state index contributed by atoms with van der Waals surface area (Å²) in [6, 6.07) is 15.2. The zero-order valence-electron chi connectivity index (χ0n) is 22.0. The summed E-state index contributed by atoms with van der Waals surface area (Å²) in [5.41, 5.74) is 5.91. The molecule has 6 heteroatoms. The van der Waals surface area contributed by atoms with Gasteiger partial charge in [0.05, 0.1) is 24.2 Å². The van der Waals surface area contributed by atoms with Crippen LogP contribution in [-0.2, 0) is 20.2 Å². The number of nitrogens with one attached hydrogen (secondary N) is 1. The Kier molecular flexibility index (Phi) is 5.41. The molecule has 9 rings (SSSR count). The Bertz CT molecular complexity index is 1340. The lowest BCUT2D eigenvalue weighted by Gasteiger charge is -2.57. The monoisotopic (exact) mass is 530 g/mol. The highest BCUT2D eigenvalue weighted by Gasteiger charge is 2.52. The Labute approximate surface area is 226 Å². The van der Waals surface area contributed by atoms with E-state index in [0.29, 0.717) is 48.4 Å². The van der Waals surface area contributed by atoms with Crippen molar-refractivity contribution in [2.75, 3.05) is 31.6 Å². The van der Waals surface area contributed by atoms with E-state index in [0.717, 1.165) is 24.2 Å². The normalized spacial score (nSPS) is 37.6. The van der Waals surface area contributed by atoms with Crippen molar-refractivity contribution in [3.8, 4) is 0 Å². The van der Waals surface area contributed by atoms with Crippen LogP contribution in [0.1, 0.15) is 73.6 Å². The summed E-state index contributed by atoms with van der Waals surface area (Å²) in [4.78, 5) is 0.376. The molecule has 4 bridgehead atoms. The van der Waals surface area contributed by atoms with Gasteiger partial charge in [0.2, 0.25) is 10.0 Å². The van der Waals surface area contributed by atoms with Crippen molar-refractivity contribution in [3.05, 3.63) is 71.3 Å².